The van der Waals surface area contributed by atoms with Gasteiger partial charge in [-0.1, -0.05) is 18.2 Å². The average molecular weight is 569 g/mol. The van der Waals surface area contributed by atoms with E-state index in [9.17, 15) is 14.4 Å². The highest BCUT2D eigenvalue weighted by Crippen LogP contribution is 2.44. The van der Waals surface area contributed by atoms with Gasteiger partial charge in [0.2, 0.25) is 11.8 Å². The molecule has 2 atom stereocenters. The van der Waals surface area contributed by atoms with E-state index in [4.69, 9.17) is 31.5 Å². The second-order valence-electron chi connectivity index (χ2n) is 8.65. The fraction of sp³-hybridized carbons (Fsp3) is 0.269. The van der Waals surface area contributed by atoms with Crippen LogP contribution in [0.25, 0.3) is 32.2 Å². The number of halogens is 2. The maximum absolute atomic E-state index is 14.6. The summed E-state index contributed by atoms with van der Waals surface area (Å²) in [5.41, 5.74) is 7.13. The molecule has 0 radical (unpaired) electrons. The molecule has 0 bridgehead atoms. The van der Waals surface area contributed by atoms with Crippen molar-refractivity contribution in [2.24, 2.45) is 0 Å². The van der Waals surface area contributed by atoms with Crippen LogP contribution in [-0.2, 0) is 9.53 Å². The summed E-state index contributed by atoms with van der Waals surface area (Å²) in [6.45, 7) is 4.28. The molecule has 1 aliphatic heterocycles. The lowest BCUT2D eigenvalue weighted by Crippen LogP contribution is -2.43. The fourth-order valence-corrected chi connectivity index (χ4v) is 5.99. The first-order chi connectivity index (χ1) is 18.8. The van der Waals surface area contributed by atoms with E-state index in [0.29, 0.717) is 29.3 Å². The van der Waals surface area contributed by atoms with E-state index >= 15 is 0 Å². The molecule has 10 nitrogen and oxygen atoms in total. The smallest absolute Gasteiger partial charge is 0.320 e. The van der Waals surface area contributed by atoms with E-state index in [2.05, 4.69) is 21.5 Å². The first kappa shape index (κ1) is 26.6. The summed E-state index contributed by atoms with van der Waals surface area (Å²) in [6, 6.07) is 4.45. The highest BCUT2D eigenvalue weighted by atomic mass is 35.5. The van der Waals surface area contributed by atoms with Gasteiger partial charge in [0, 0.05) is 37.2 Å². The number of nitrogens with two attached hydrogens (primary N) is 1. The van der Waals surface area contributed by atoms with E-state index in [-0.39, 0.29) is 61.9 Å². The number of ether oxygens (including phenoxy) is 3. The Morgan fingerprint density at radius 2 is 2.21 bits per heavy atom. The fourth-order valence-electron chi connectivity index (χ4n) is 4.74. The van der Waals surface area contributed by atoms with Gasteiger partial charge in [0.05, 0.1) is 46.1 Å². The van der Waals surface area contributed by atoms with E-state index in [0.717, 1.165) is 11.3 Å². The van der Waals surface area contributed by atoms with Crippen molar-refractivity contribution in [1.82, 2.24) is 19.9 Å². The molecule has 1 aliphatic rings. The van der Waals surface area contributed by atoms with Crippen LogP contribution < -0.4 is 15.2 Å². The number of pyridine rings is 1. The molecular formula is C26H22ClFN6O4S. The summed E-state index contributed by atoms with van der Waals surface area (Å²) < 4.78 is 31.8. The predicted octanol–water partition coefficient (Wildman–Crippen LogP) is 4.34. The van der Waals surface area contributed by atoms with Crippen LogP contribution in [0, 0.1) is 17.1 Å². The molecule has 1 amide bonds. The number of nitrogens with zero attached hydrogens (tertiary/aromatic N) is 5. The Labute approximate surface area is 231 Å². The Bertz CT molecular complexity index is 1670. The van der Waals surface area contributed by atoms with Gasteiger partial charge in [-0.3, -0.25) is 9.78 Å². The third-order valence-electron chi connectivity index (χ3n) is 6.54. The topological polar surface area (TPSA) is 136 Å². The maximum Gasteiger partial charge on any atom is 0.320 e. The van der Waals surface area contributed by atoms with Crippen LogP contribution in [0.15, 0.2) is 31.0 Å². The summed E-state index contributed by atoms with van der Waals surface area (Å²) >= 11 is 7.83. The predicted molar refractivity (Wildman–Crippen MR) is 145 cm³/mol. The van der Waals surface area contributed by atoms with Crippen molar-refractivity contribution in [3.8, 4) is 29.2 Å². The number of fused-ring (bicyclic) bond motifs is 2. The molecule has 200 valence electrons. The molecule has 2 N–H and O–H groups in total. The summed E-state index contributed by atoms with van der Waals surface area (Å²) in [6.07, 6.45) is 2.84. The number of hydrogen-bond donors (Lipinski definition) is 1. The number of nitriles is 1. The van der Waals surface area contributed by atoms with E-state index < -0.39 is 11.9 Å². The van der Waals surface area contributed by atoms with Gasteiger partial charge < -0.3 is 24.8 Å². The second kappa shape index (κ2) is 10.6. The van der Waals surface area contributed by atoms with Gasteiger partial charge in [0.1, 0.15) is 28.5 Å². The molecule has 1 fully saturated rings. The number of aromatic nitrogens is 3. The number of amides is 1. The summed E-state index contributed by atoms with van der Waals surface area (Å²) in [4.78, 5) is 27.3. The Hall–Kier alpha value is -4.05. The largest absolute Gasteiger partial charge is 0.471 e. The van der Waals surface area contributed by atoms with E-state index in [1.807, 2.05) is 6.07 Å². The molecular weight excluding hydrogens is 547 g/mol. The molecule has 1 saturated heterocycles. The van der Waals surface area contributed by atoms with Crippen LogP contribution in [0.3, 0.4) is 0 Å². The Morgan fingerprint density at radius 1 is 1.41 bits per heavy atom. The standard InChI is InChI=1S/C26H22ClFN6O4S/c1-4-18(35)34-8-7-17(16(34)11-36-2)38-25-14-10-31-21(20(27)22(14)32-26(33-25)37-3)12-5-6-15(28)23-19(12)13(9-29)24(30)39-23/h4-6,10,16-17H,1,7-8,11,30H2,2-3H3. The molecule has 4 heterocycles. The first-order valence-corrected chi connectivity index (χ1v) is 12.9. The van der Waals surface area contributed by atoms with Crippen molar-refractivity contribution in [2.75, 3.05) is 33.1 Å². The minimum atomic E-state index is -0.505. The third-order valence-corrected chi connectivity index (χ3v) is 7.92. The van der Waals surface area contributed by atoms with Crippen molar-refractivity contribution in [2.45, 2.75) is 18.6 Å². The zero-order chi connectivity index (χ0) is 27.8. The first-order valence-electron chi connectivity index (χ1n) is 11.7. The molecule has 0 saturated carbocycles. The number of anilines is 1. The van der Waals surface area contributed by atoms with Crippen molar-refractivity contribution in [1.29, 1.82) is 5.26 Å². The van der Waals surface area contributed by atoms with Gasteiger partial charge >= 0.3 is 6.01 Å². The Balaban J connectivity index is 1.63. The number of methoxy groups -OCH3 is 2. The highest BCUT2D eigenvalue weighted by molar-refractivity contribution is 7.23. The number of carbonyl (C=O) groups is 1. The van der Waals surface area contributed by atoms with Gasteiger partial charge in [-0.15, -0.1) is 11.3 Å². The van der Waals surface area contributed by atoms with Crippen LogP contribution in [0.5, 0.6) is 11.9 Å². The minimum absolute atomic E-state index is 0.00129. The van der Waals surface area contributed by atoms with Crippen molar-refractivity contribution < 1.29 is 23.4 Å². The van der Waals surface area contributed by atoms with E-state index in [1.165, 1.54) is 31.5 Å². The molecule has 4 aromatic rings. The van der Waals surface area contributed by atoms with Gasteiger partial charge in [-0.2, -0.15) is 15.2 Å². The van der Waals surface area contributed by atoms with Crippen molar-refractivity contribution in [3.63, 3.8) is 0 Å². The Morgan fingerprint density at radius 3 is 2.90 bits per heavy atom. The van der Waals surface area contributed by atoms with Gasteiger partial charge in [-0.25, -0.2) is 4.39 Å². The lowest BCUT2D eigenvalue weighted by atomic mass is 10.0. The highest BCUT2D eigenvalue weighted by Gasteiger charge is 2.38. The van der Waals surface area contributed by atoms with Gasteiger partial charge in [0.15, 0.2) is 0 Å². The van der Waals surface area contributed by atoms with Crippen LogP contribution in [0.1, 0.15) is 12.0 Å². The zero-order valence-corrected chi connectivity index (χ0v) is 22.5. The molecule has 0 spiro atoms. The quantitative estimate of drug-likeness (QED) is 0.323. The monoisotopic (exact) mass is 568 g/mol. The van der Waals surface area contributed by atoms with Crippen LogP contribution >= 0.6 is 22.9 Å². The SMILES string of the molecule is C=CC(=O)N1CCC(Oc2nc(OC)nc3c(Cl)c(-c4ccc(F)c5sc(N)c(C#N)c45)ncc23)C1COC. The van der Waals surface area contributed by atoms with Gasteiger partial charge in [0.25, 0.3) is 0 Å². The minimum Gasteiger partial charge on any atom is -0.471 e. The van der Waals surface area contributed by atoms with Crippen molar-refractivity contribution in [3.05, 3.63) is 47.4 Å². The Kier molecular flexibility index (Phi) is 7.22. The van der Waals surface area contributed by atoms with Gasteiger partial charge in [-0.05, 0) is 18.2 Å². The number of rotatable bonds is 7. The number of likely N-dealkylation sites (tertiary alicyclic amines) is 1. The lowest BCUT2D eigenvalue weighted by Gasteiger charge is -2.27. The second-order valence-corrected chi connectivity index (χ2v) is 10.1. The van der Waals surface area contributed by atoms with Crippen LogP contribution in [-0.4, -0.2) is 65.3 Å². The summed E-state index contributed by atoms with van der Waals surface area (Å²) in [5, 5.41) is 10.7. The van der Waals surface area contributed by atoms with Crippen LogP contribution in [0.2, 0.25) is 5.02 Å². The third kappa shape index (κ3) is 4.48. The molecule has 1 aromatic carbocycles. The lowest BCUT2D eigenvalue weighted by molar-refractivity contribution is -0.128. The maximum atomic E-state index is 14.6. The van der Waals surface area contributed by atoms with Crippen LogP contribution in [0.4, 0.5) is 9.39 Å². The molecule has 0 aliphatic carbocycles. The number of hydrogen-bond acceptors (Lipinski definition) is 10. The molecule has 5 rings (SSSR count). The summed E-state index contributed by atoms with van der Waals surface area (Å²) in [5.74, 6) is -0.563. The number of benzene rings is 1. The average Bonchev–Trinajstić information content (AvgIpc) is 3.49. The molecule has 13 heteroatoms. The molecule has 39 heavy (non-hydrogen) atoms. The zero-order valence-electron chi connectivity index (χ0n) is 20.9. The molecule has 3 aromatic heterocycles. The van der Waals surface area contributed by atoms with E-state index in [1.54, 1.807) is 12.0 Å². The number of thiophene rings is 1. The number of nitrogen functional groups attached to an aromatic ring is 1. The normalized spacial score (nSPS) is 16.9. The molecule has 2 unspecified atom stereocenters. The summed E-state index contributed by atoms with van der Waals surface area (Å²) in [7, 11) is 2.96. The van der Waals surface area contributed by atoms with Crippen molar-refractivity contribution >= 4 is 54.8 Å². The number of carbonyl (C=O) groups excluding carboxylic acids is 1.